The molecular formula is C16H20N2O2S. The maximum Gasteiger partial charge on any atom is 0.232 e. The molecule has 1 aliphatic rings. The summed E-state index contributed by atoms with van der Waals surface area (Å²) in [4.78, 5) is 15.1. The number of benzene rings is 1. The summed E-state index contributed by atoms with van der Waals surface area (Å²) in [6.07, 6.45) is 1.60. The van der Waals surface area contributed by atoms with Gasteiger partial charge in [-0.05, 0) is 44.0 Å². The Morgan fingerprint density at radius 2 is 2.24 bits per heavy atom. The second kappa shape index (κ2) is 7.48. The fourth-order valence-corrected chi connectivity index (χ4v) is 3.29. The molecule has 0 bridgehead atoms. The summed E-state index contributed by atoms with van der Waals surface area (Å²) >= 11 is 1.49. The van der Waals surface area contributed by atoms with Crippen molar-refractivity contribution in [1.29, 1.82) is 5.26 Å². The molecule has 1 aromatic rings. The van der Waals surface area contributed by atoms with Gasteiger partial charge in [0.2, 0.25) is 5.91 Å². The lowest BCUT2D eigenvalue weighted by atomic mass is 9.93. The molecule has 0 saturated carbocycles. The van der Waals surface area contributed by atoms with Crippen LogP contribution in [0.2, 0.25) is 0 Å². The van der Waals surface area contributed by atoms with Gasteiger partial charge in [0.25, 0.3) is 0 Å². The van der Waals surface area contributed by atoms with Gasteiger partial charge < -0.3 is 10.0 Å². The number of aliphatic hydroxyl groups is 1. The predicted molar refractivity (Wildman–Crippen MR) is 82.9 cm³/mol. The van der Waals surface area contributed by atoms with Gasteiger partial charge in [0, 0.05) is 23.9 Å². The molecule has 1 heterocycles. The van der Waals surface area contributed by atoms with Gasteiger partial charge in [-0.2, -0.15) is 5.26 Å². The molecule has 1 amide bonds. The zero-order valence-corrected chi connectivity index (χ0v) is 13.0. The number of rotatable bonds is 4. The Bertz CT molecular complexity index is 522. The van der Waals surface area contributed by atoms with Crippen molar-refractivity contribution >= 4 is 17.7 Å². The van der Waals surface area contributed by atoms with Crippen molar-refractivity contribution < 1.29 is 9.90 Å². The number of likely N-dealkylation sites (tertiary alicyclic amines) is 1. The Morgan fingerprint density at radius 1 is 1.52 bits per heavy atom. The first-order valence-corrected chi connectivity index (χ1v) is 8.17. The average molecular weight is 304 g/mol. The van der Waals surface area contributed by atoms with E-state index in [1.807, 2.05) is 17.0 Å². The van der Waals surface area contributed by atoms with E-state index in [1.165, 1.54) is 11.8 Å². The smallest absolute Gasteiger partial charge is 0.232 e. The molecule has 2 rings (SSSR count). The van der Waals surface area contributed by atoms with Gasteiger partial charge >= 0.3 is 0 Å². The number of carbonyl (C=O) groups is 1. The first-order chi connectivity index (χ1) is 10.1. The average Bonchev–Trinajstić information content (AvgIpc) is 2.53. The first-order valence-electron chi connectivity index (χ1n) is 7.19. The van der Waals surface area contributed by atoms with Gasteiger partial charge in [-0.15, -0.1) is 11.8 Å². The summed E-state index contributed by atoms with van der Waals surface area (Å²) in [7, 11) is 0. The number of hydrogen-bond acceptors (Lipinski definition) is 4. The molecule has 0 spiro atoms. The topological polar surface area (TPSA) is 64.3 Å². The number of amides is 1. The third-order valence-corrected chi connectivity index (χ3v) is 4.84. The lowest BCUT2D eigenvalue weighted by Gasteiger charge is -2.34. The third-order valence-electron chi connectivity index (χ3n) is 3.84. The van der Waals surface area contributed by atoms with Gasteiger partial charge in [0.15, 0.2) is 0 Å². The molecule has 112 valence electrons. The monoisotopic (exact) mass is 304 g/mol. The van der Waals surface area contributed by atoms with E-state index in [0.717, 1.165) is 24.3 Å². The standard InChI is InChI=1S/C16H20N2O2S/c1-12(19)14-3-2-8-18(10-14)16(20)11-21-15-6-4-13(9-17)5-7-15/h4-7,12,14,19H,2-3,8,10-11H2,1H3. The van der Waals surface area contributed by atoms with E-state index in [0.29, 0.717) is 17.9 Å². The molecule has 1 saturated heterocycles. The van der Waals surface area contributed by atoms with E-state index in [9.17, 15) is 9.90 Å². The number of hydrogen-bond donors (Lipinski definition) is 1. The fraction of sp³-hybridized carbons (Fsp3) is 0.500. The number of piperidine rings is 1. The number of aliphatic hydroxyl groups excluding tert-OH is 1. The summed E-state index contributed by atoms with van der Waals surface area (Å²) < 4.78 is 0. The van der Waals surface area contributed by atoms with Crippen LogP contribution in [0, 0.1) is 17.2 Å². The fourth-order valence-electron chi connectivity index (χ4n) is 2.49. The van der Waals surface area contributed by atoms with Crippen LogP contribution in [0.5, 0.6) is 0 Å². The summed E-state index contributed by atoms with van der Waals surface area (Å²) in [6, 6.07) is 9.33. The third kappa shape index (κ3) is 4.48. The number of carbonyl (C=O) groups excluding carboxylic acids is 1. The highest BCUT2D eigenvalue weighted by Crippen LogP contribution is 2.23. The molecule has 0 radical (unpaired) electrons. The minimum absolute atomic E-state index is 0.120. The Labute approximate surface area is 129 Å². The van der Waals surface area contributed by atoms with Crippen LogP contribution in [0.15, 0.2) is 29.2 Å². The van der Waals surface area contributed by atoms with Crippen molar-refractivity contribution in [3.05, 3.63) is 29.8 Å². The van der Waals surface area contributed by atoms with Crippen molar-refractivity contribution in [2.45, 2.75) is 30.8 Å². The van der Waals surface area contributed by atoms with E-state index in [-0.39, 0.29) is 17.9 Å². The summed E-state index contributed by atoms with van der Waals surface area (Å²) in [5, 5.41) is 18.4. The zero-order chi connectivity index (χ0) is 15.2. The van der Waals surface area contributed by atoms with Crippen LogP contribution < -0.4 is 0 Å². The van der Waals surface area contributed by atoms with Crippen LogP contribution in [0.4, 0.5) is 0 Å². The largest absolute Gasteiger partial charge is 0.393 e. The van der Waals surface area contributed by atoms with Crippen molar-refractivity contribution in [2.24, 2.45) is 5.92 Å². The minimum Gasteiger partial charge on any atom is -0.393 e. The summed E-state index contributed by atoms with van der Waals surface area (Å²) in [6.45, 7) is 3.24. The van der Waals surface area contributed by atoms with Gasteiger partial charge in [0.1, 0.15) is 0 Å². The minimum atomic E-state index is -0.355. The molecular weight excluding hydrogens is 284 g/mol. The zero-order valence-electron chi connectivity index (χ0n) is 12.2. The Balaban J connectivity index is 1.85. The highest BCUT2D eigenvalue weighted by molar-refractivity contribution is 8.00. The SMILES string of the molecule is CC(O)C1CCCN(C(=O)CSc2ccc(C#N)cc2)C1. The quantitative estimate of drug-likeness (QED) is 0.867. The number of nitrogens with zero attached hydrogens (tertiary/aromatic N) is 2. The van der Waals surface area contributed by atoms with Crippen LogP contribution in [-0.2, 0) is 4.79 Å². The van der Waals surface area contributed by atoms with E-state index < -0.39 is 0 Å². The van der Waals surface area contributed by atoms with Crippen LogP contribution in [0.25, 0.3) is 0 Å². The Kier molecular flexibility index (Phi) is 5.66. The van der Waals surface area contributed by atoms with E-state index in [2.05, 4.69) is 6.07 Å². The molecule has 5 heteroatoms. The van der Waals surface area contributed by atoms with E-state index in [1.54, 1.807) is 19.1 Å². The van der Waals surface area contributed by atoms with Crippen LogP contribution in [-0.4, -0.2) is 40.9 Å². The second-order valence-electron chi connectivity index (χ2n) is 5.41. The summed E-state index contributed by atoms with van der Waals surface area (Å²) in [5.41, 5.74) is 0.626. The summed E-state index contributed by atoms with van der Waals surface area (Å²) in [5.74, 6) is 0.718. The number of nitriles is 1. The highest BCUT2D eigenvalue weighted by Gasteiger charge is 2.26. The van der Waals surface area contributed by atoms with Crippen molar-refractivity contribution in [3.8, 4) is 6.07 Å². The molecule has 21 heavy (non-hydrogen) atoms. The van der Waals surface area contributed by atoms with Gasteiger partial charge in [-0.1, -0.05) is 0 Å². The predicted octanol–water partition coefficient (Wildman–Crippen LogP) is 2.27. The molecule has 1 fully saturated rings. The molecule has 1 aliphatic heterocycles. The van der Waals surface area contributed by atoms with Gasteiger partial charge in [0.05, 0.1) is 23.5 Å². The molecule has 4 nitrogen and oxygen atoms in total. The van der Waals surface area contributed by atoms with Gasteiger partial charge in [-0.25, -0.2) is 0 Å². The Hall–Kier alpha value is -1.51. The maximum absolute atomic E-state index is 12.2. The molecule has 0 aliphatic carbocycles. The van der Waals surface area contributed by atoms with Gasteiger partial charge in [-0.3, -0.25) is 4.79 Å². The Morgan fingerprint density at radius 3 is 2.86 bits per heavy atom. The van der Waals surface area contributed by atoms with Crippen molar-refractivity contribution in [1.82, 2.24) is 4.90 Å². The van der Waals surface area contributed by atoms with Crippen molar-refractivity contribution in [2.75, 3.05) is 18.8 Å². The molecule has 1 N–H and O–H groups in total. The maximum atomic E-state index is 12.2. The van der Waals surface area contributed by atoms with Crippen LogP contribution >= 0.6 is 11.8 Å². The van der Waals surface area contributed by atoms with Crippen LogP contribution in [0.3, 0.4) is 0 Å². The second-order valence-corrected chi connectivity index (χ2v) is 6.46. The lowest BCUT2D eigenvalue weighted by molar-refractivity contribution is -0.130. The molecule has 2 unspecified atom stereocenters. The highest BCUT2D eigenvalue weighted by atomic mass is 32.2. The lowest BCUT2D eigenvalue weighted by Crippen LogP contribution is -2.43. The van der Waals surface area contributed by atoms with E-state index >= 15 is 0 Å². The first kappa shape index (κ1) is 15.9. The molecule has 2 atom stereocenters. The van der Waals surface area contributed by atoms with Crippen LogP contribution in [0.1, 0.15) is 25.3 Å². The van der Waals surface area contributed by atoms with E-state index in [4.69, 9.17) is 5.26 Å². The molecule has 1 aromatic carbocycles. The molecule has 0 aromatic heterocycles. The normalized spacial score (nSPS) is 19.9. The van der Waals surface area contributed by atoms with Crippen molar-refractivity contribution in [3.63, 3.8) is 0 Å². The number of thioether (sulfide) groups is 1.